The minimum absolute atomic E-state index is 0.504. The molecule has 2 fully saturated rings. The van der Waals surface area contributed by atoms with Crippen molar-refractivity contribution in [2.45, 2.75) is 65.7 Å². The van der Waals surface area contributed by atoms with Crippen molar-refractivity contribution in [1.29, 1.82) is 0 Å². The lowest BCUT2D eigenvalue weighted by Gasteiger charge is -2.30. The van der Waals surface area contributed by atoms with E-state index in [-0.39, 0.29) is 0 Å². The Hall–Kier alpha value is -0.0800. The van der Waals surface area contributed by atoms with Gasteiger partial charge in [-0.1, -0.05) is 20.8 Å². The molecule has 2 aliphatic rings. The Morgan fingerprint density at radius 3 is 2.60 bits per heavy atom. The molecule has 0 amide bonds. The van der Waals surface area contributed by atoms with Crippen LogP contribution >= 0.6 is 0 Å². The standard InChI is InChI=1S/C18H36N2/c1-18(2,3)17-9-6-13-20(14-10-17)12-5-8-16-7-4-11-19-15-16/h16-17,19H,4-15H2,1-3H3. The topological polar surface area (TPSA) is 15.3 Å². The van der Waals surface area contributed by atoms with Crippen LogP contribution < -0.4 is 5.32 Å². The van der Waals surface area contributed by atoms with Gasteiger partial charge in [-0.3, -0.25) is 0 Å². The van der Waals surface area contributed by atoms with E-state index < -0.39 is 0 Å². The molecule has 2 heteroatoms. The Morgan fingerprint density at radius 2 is 1.90 bits per heavy atom. The van der Waals surface area contributed by atoms with Crippen molar-refractivity contribution in [1.82, 2.24) is 10.2 Å². The van der Waals surface area contributed by atoms with Crippen LogP contribution in [0.5, 0.6) is 0 Å². The number of hydrogen-bond donors (Lipinski definition) is 1. The number of nitrogens with one attached hydrogen (secondary N) is 1. The SMILES string of the molecule is CC(C)(C)C1CCCN(CCCC2CCCNC2)CC1. The van der Waals surface area contributed by atoms with Gasteiger partial charge >= 0.3 is 0 Å². The fourth-order valence-corrected chi connectivity index (χ4v) is 4.02. The van der Waals surface area contributed by atoms with Crippen LogP contribution in [0.4, 0.5) is 0 Å². The zero-order valence-electron chi connectivity index (χ0n) is 14.1. The molecule has 2 heterocycles. The first-order chi connectivity index (χ1) is 9.55. The number of hydrogen-bond acceptors (Lipinski definition) is 2. The Balaban J connectivity index is 1.64. The molecule has 0 bridgehead atoms. The maximum absolute atomic E-state index is 3.54. The molecule has 2 nitrogen and oxygen atoms in total. The number of nitrogens with zero attached hydrogens (tertiary/aromatic N) is 1. The van der Waals surface area contributed by atoms with E-state index in [1.807, 2.05) is 0 Å². The minimum Gasteiger partial charge on any atom is -0.316 e. The van der Waals surface area contributed by atoms with Crippen LogP contribution in [0.2, 0.25) is 0 Å². The first-order valence-corrected chi connectivity index (χ1v) is 8.99. The third kappa shape index (κ3) is 5.37. The lowest BCUT2D eigenvalue weighted by atomic mass is 9.77. The van der Waals surface area contributed by atoms with Crippen molar-refractivity contribution in [3.05, 3.63) is 0 Å². The largest absolute Gasteiger partial charge is 0.316 e. The molecule has 0 aromatic carbocycles. The van der Waals surface area contributed by atoms with Crippen molar-refractivity contribution in [3.8, 4) is 0 Å². The normalized spacial score (nSPS) is 30.1. The Kier molecular flexibility index (Phi) is 6.35. The molecule has 2 aliphatic heterocycles. The quantitative estimate of drug-likeness (QED) is 0.840. The first-order valence-electron chi connectivity index (χ1n) is 8.99. The van der Waals surface area contributed by atoms with E-state index in [0.717, 1.165) is 11.8 Å². The highest BCUT2D eigenvalue weighted by Gasteiger charge is 2.26. The zero-order valence-corrected chi connectivity index (χ0v) is 14.1. The summed E-state index contributed by atoms with van der Waals surface area (Å²) < 4.78 is 0. The third-order valence-electron chi connectivity index (χ3n) is 5.53. The summed E-state index contributed by atoms with van der Waals surface area (Å²) in [6, 6.07) is 0. The molecule has 2 rings (SSSR count). The summed E-state index contributed by atoms with van der Waals surface area (Å²) in [5, 5.41) is 3.54. The van der Waals surface area contributed by atoms with Gasteiger partial charge in [-0.2, -0.15) is 0 Å². The van der Waals surface area contributed by atoms with Crippen LogP contribution in [-0.2, 0) is 0 Å². The lowest BCUT2D eigenvalue weighted by Crippen LogP contribution is -2.31. The molecule has 20 heavy (non-hydrogen) atoms. The van der Waals surface area contributed by atoms with E-state index in [4.69, 9.17) is 0 Å². The smallest absolute Gasteiger partial charge is 0.00159 e. The molecular formula is C18H36N2. The van der Waals surface area contributed by atoms with Gasteiger partial charge in [0.15, 0.2) is 0 Å². The maximum atomic E-state index is 3.54. The molecule has 118 valence electrons. The summed E-state index contributed by atoms with van der Waals surface area (Å²) in [6.07, 6.45) is 9.95. The fourth-order valence-electron chi connectivity index (χ4n) is 4.02. The monoisotopic (exact) mass is 280 g/mol. The van der Waals surface area contributed by atoms with E-state index in [1.165, 1.54) is 77.7 Å². The van der Waals surface area contributed by atoms with E-state index >= 15 is 0 Å². The molecule has 0 saturated carbocycles. The highest BCUT2D eigenvalue weighted by Crippen LogP contribution is 2.34. The van der Waals surface area contributed by atoms with Gasteiger partial charge in [0.05, 0.1) is 0 Å². The molecule has 2 atom stereocenters. The van der Waals surface area contributed by atoms with Crippen molar-refractivity contribution in [3.63, 3.8) is 0 Å². The molecule has 0 aromatic heterocycles. The molecule has 1 N–H and O–H groups in total. The average molecular weight is 280 g/mol. The zero-order chi connectivity index (χ0) is 14.4. The molecule has 2 saturated heterocycles. The van der Waals surface area contributed by atoms with Crippen molar-refractivity contribution >= 4 is 0 Å². The molecule has 0 spiro atoms. The summed E-state index contributed by atoms with van der Waals surface area (Å²) in [6.45, 7) is 13.8. The Bertz CT molecular complexity index is 263. The van der Waals surface area contributed by atoms with E-state index in [9.17, 15) is 0 Å². The van der Waals surface area contributed by atoms with Crippen molar-refractivity contribution in [2.24, 2.45) is 17.3 Å². The molecule has 0 aliphatic carbocycles. The molecule has 0 radical (unpaired) electrons. The van der Waals surface area contributed by atoms with Gasteiger partial charge in [0.25, 0.3) is 0 Å². The third-order valence-corrected chi connectivity index (χ3v) is 5.53. The van der Waals surface area contributed by atoms with Gasteiger partial charge in [0.1, 0.15) is 0 Å². The Morgan fingerprint density at radius 1 is 1.05 bits per heavy atom. The van der Waals surface area contributed by atoms with Gasteiger partial charge in [-0.05, 0) is 94.9 Å². The molecule has 0 aromatic rings. The number of likely N-dealkylation sites (tertiary alicyclic amines) is 1. The van der Waals surface area contributed by atoms with Gasteiger partial charge in [-0.15, -0.1) is 0 Å². The van der Waals surface area contributed by atoms with Crippen LogP contribution in [0.3, 0.4) is 0 Å². The van der Waals surface area contributed by atoms with E-state index in [0.29, 0.717) is 5.41 Å². The fraction of sp³-hybridized carbons (Fsp3) is 1.00. The lowest BCUT2D eigenvalue weighted by molar-refractivity contribution is 0.206. The van der Waals surface area contributed by atoms with Gasteiger partial charge in [0.2, 0.25) is 0 Å². The second-order valence-electron chi connectivity index (χ2n) is 8.19. The number of piperidine rings is 1. The van der Waals surface area contributed by atoms with E-state index in [1.54, 1.807) is 0 Å². The highest BCUT2D eigenvalue weighted by molar-refractivity contribution is 4.79. The van der Waals surface area contributed by atoms with Crippen LogP contribution in [0.1, 0.15) is 65.7 Å². The van der Waals surface area contributed by atoms with Crippen LogP contribution in [0.15, 0.2) is 0 Å². The summed E-state index contributed by atoms with van der Waals surface area (Å²) >= 11 is 0. The van der Waals surface area contributed by atoms with Crippen molar-refractivity contribution in [2.75, 3.05) is 32.7 Å². The van der Waals surface area contributed by atoms with Crippen LogP contribution in [0, 0.1) is 17.3 Å². The Labute approximate surface area is 126 Å². The van der Waals surface area contributed by atoms with Gasteiger partial charge in [-0.25, -0.2) is 0 Å². The minimum atomic E-state index is 0.504. The van der Waals surface area contributed by atoms with Crippen LogP contribution in [-0.4, -0.2) is 37.6 Å². The predicted molar refractivity (Wildman–Crippen MR) is 88.1 cm³/mol. The maximum Gasteiger partial charge on any atom is -0.00159 e. The predicted octanol–water partition coefficient (Wildman–Crippen LogP) is 3.91. The summed E-state index contributed by atoms with van der Waals surface area (Å²) in [5.41, 5.74) is 0.504. The second-order valence-corrected chi connectivity index (χ2v) is 8.19. The summed E-state index contributed by atoms with van der Waals surface area (Å²) in [5.74, 6) is 1.88. The van der Waals surface area contributed by atoms with Crippen LogP contribution in [0.25, 0.3) is 0 Å². The average Bonchev–Trinajstić information content (AvgIpc) is 2.65. The van der Waals surface area contributed by atoms with Gasteiger partial charge in [0, 0.05) is 0 Å². The molecular weight excluding hydrogens is 244 g/mol. The second kappa shape index (κ2) is 7.79. The summed E-state index contributed by atoms with van der Waals surface area (Å²) in [4.78, 5) is 2.74. The number of rotatable bonds is 4. The summed E-state index contributed by atoms with van der Waals surface area (Å²) in [7, 11) is 0. The van der Waals surface area contributed by atoms with Crippen molar-refractivity contribution < 1.29 is 0 Å². The van der Waals surface area contributed by atoms with E-state index in [2.05, 4.69) is 31.0 Å². The van der Waals surface area contributed by atoms with Gasteiger partial charge < -0.3 is 10.2 Å². The highest BCUT2D eigenvalue weighted by atomic mass is 15.1. The molecule has 2 unspecified atom stereocenters. The first kappa shape index (κ1) is 16.3.